The molecule has 268 valence electrons. The monoisotopic (exact) mass is 744 g/mol. The number of fused-ring (bicyclic) bond motifs is 6. The third-order valence-electron chi connectivity index (χ3n) is 11.9. The molecule has 0 saturated carbocycles. The van der Waals surface area contributed by atoms with E-state index in [2.05, 4.69) is 201 Å². The zero-order chi connectivity index (χ0) is 37.9. The minimum atomic E-state index is -0.245. The van der Waals surface area contributed by atoms with Gasteiger partial charge in [0, 0.05) is 47.8 Å². The van der Waals surface area contributed by atoms with Crippen molar-refractivity contribution in [3.05, 3.63) is 217 Å². The zero-order valence-electron chi connectivity index (χ0n) is 31.4. The minimum Gasteiger partial charge on any atom is -0.228 e. The lowest BCUT2D eigenvalue weighted by Gasteiger charge is -2.28. The lowest BCUT2D eigenvalue weighted by Crippen LogP contribution is -2.22. The van der Waals surface area contributed by atoms with Gasteiger partial charge in [-0.1, -0.05) is 188 Å². The first-order valence-electron chi connectivity index (χ1n) is 19.5. The summed E-state index contributed by atoms with van der Waals surface area (Å²) in [5.74, 6) is 0.703. The van der Waals surface area contributed by atoms with Crippen LogP contribution in [0.3, 0.4) is 0 Å². The van der Waals surface area contributed by atoms with Gasteiger partial charge in [-0.05, 0) is 63.6 Å². The molecule has 11 rings (SSSR count). The van der Waals surface area contributed by atoms with Crippen LogP contribution in [-0.4, -0.2) is 9.97 Å². The van der Waals surface area contributed by atoms with Gasteiger partial charge in [-0.3, -0.25) is 0 Å². The Labute approximate surface area is 336 Å². The summed E-state index contributed by atoms with van der Waals surface area (Å²) in [5, 5.41) is 2.58. The number of hydrogen-bond acceptors (Lipinski definition) is 3. The molecule has 1 aliphatic rings. The van der Waals surface area contributed by atoms with Crippen molar-refractivity contribution < 1.29 is 0 Å². The molecular weight excluding hydrogens is 709 g/mol. The van der Waals surface area contributed by atoms with Gasteiger partial charge in [0.05, 0.1) is 11.4 Å². The Morgan fingerprint density at radius 2 is 0.895 bits per heavy atom. The Balaban J connectivity index is 1.05. The van der Waals surface area contributed by atoms with E-state index in [0.717, 1.165) is 44.8 Å². The lowest BCUT2D eigenvalue weighted by molar-refractivity contribution is 0.714. The minimum absolute atomic E-state index is 0.245. The fraction of sp³-hybridized carbons (Fsp3) is 0.0370. The normalized spacial score (nSPS) is 12.8. The fourth-order valence-electron chi connectivity index (χ4n) is 9.05. The maximum absolute atomic E-state index is 5.30. The maximum Gasteiger partial charge on any atom is 0.160 e. The number of hydrogen-bond donors (Lipinski definition) is 0. The third kappa shape index (κ3) is 5.38. The molecule has 2 aromatic heterocycles. The SMILES string of the molecule is CC1(c2ccc(-c3ccccc3-c3cc(-c4ccccc4-c4cccc5c4sc4ccccc45)nc(-c4ccccc4)n3)cc2)c2ccccc2-c2ccccc21. The van der Waals surface area contributed by atoms with Crippen LogP contribution in [0, 0.1) is 0 Å². The third-order valence-corrected chi connectivity index (χ3v) is 13.1. The Kier molecular flexibility index (Phi) is 7.84. The van der Waals surface area contributed by atoms with Gasteiger partial charge in [0.2, 0.25) is 0 Å². The first-order chi connectivity index (χ1) is 28.1. The molecule has 0 amide bonds. The summed E-state index contributed by atoms with van der Waals surface area (Å²) in [4.78, 5) is 10.6. The molecule has 0 N–H and O–H groups in total. The Morgan fingerprint density at radius 3 is 1.58 bits per heavy atom. The lowest BCUT2D eigenvalue weighted by atomic mass is 9.74. The highest BCUT2D eigenvalue weighted by atomic mass is 32.1. The second-order valence-electron chi connectivity index (χ2n) is 15.0. The van der Waals surface area contributed by atoms with E-state index >= 15 is 0 Å². The molecule has 0 unspecified atom stereocenters. The van der Waals surface area contributed by atoms with Crippen molar-refractivity contribution in [3.63, 3.8) is 0 Å². The number of aromatic nitrogens is 2. The summed E-state index contributed by atoms with van der Waals surface area (Å²) >= 11 is 1.86. The second-order valence-corrected chi connectivity index (χ2v) is 16.0. The van der Waals surface area contributed by atoms with Crippen molar-refractivity contribution in [2.24, 2.45) is 0 Å². The van der Waals surface area contributed by atoms with Crippen molar-refractivity contribution >= 4 is 31.5 Å². The molecule has 8 aromatic carbocycles. The number of benzene rings is 8. The molecule has 57 heavy (non-hydrogen) atoms. The number of rotatable bonds is 6. The van der Waals surface area contributed by atoms with E-state index in [1.807, 2.05) is 17.4 Å². The summed E-state index contributed by atoms with van der Waals surface area (Å²) < 4.78 is 2.58. The molecule has 0 radical (unpaired) electrons. The van der Waals surface area contributed by atoms with Gasteiger partial charge in [-0.25, -0.2) is 9.97 Å². The van der Waals surface area contributed by atoms with Crippen LogP contribution in [-0.2, 0) is 5.41 Å². The van der Waals surface area contributed by atoms with E-state index in [9.17, 15) is 0 Å². The van der Waals surface area contributed by atoms with Gasteiger partial charge in [0.25, 0.3) is 0 Å². The molecular formula is C54H36N2S. The number of thiophene rings is 1. The van der Waals surface area contributed by atoms with E-state index in [4.69, 9.17) is 9.97 Å². The van der Waals surface area contributed by atoms with Crippen LogP contribution < -0.4 is 0 Å². The smallest absolute Gasteiger partial charge is 0.160 e. The molecule has 0 fully saturated rings. The van der Waals surface area contributed by atoms with Gasteiger partial charge >= 0.3 is 0 Å². The molecule has 3 heteroatoms. The van der Waals surface area contributed by atoms with Crippen molar-refractivity contribution in [2.75, 3.05) is 0 Å². The molecule has 0 spiro atoms. The van der Waals surface area contributed by atoms with Crippen molar-refractivity contribution in [1.29, 1.82) is 0 Å². The molecule has 10 aromatic rings. The Bertz CT molecular complexity index is 3090. The average molecular weight is 745 g/mol. The molecule has 0 atom stereocenters. The van der Waals surface area contributed by atoms with E-state index in [1.165, 1.54) is 53.6 Å². The first kappa shape index (κ1) is 33.4. The van der Waals surface area contributed by atoms with Gasteiger partial charge in [-0.15, -0.1) is 11.3 Å². The van der Waals surface area contributed by atoms with Crippen LogP contribution >= 0.6 is 11.3 Å². The Hall–Kier alpha value is -6.94. The van der Waals surface area contributed by atoms with Gasteiger partial charge in [-0.2, -0.15) is 0 Å². The number of nitrogens with zero attached hydrogens (tertiary/aromatic N) is 2. The highest BCUT2D eigenvalue weighted by molar-refractivity contribution is 7.26. The predicted octanol–water partition coefficient (Wildman–Crippen LogP) is 14.5. The first-order valence-corrected chi connectivity index (χ1v) is 20.3. The highest BCUT2D eigenvalue weighted by Gasteiger charge is 2.40. The predicted molar refractivity (Wildman–Crippen MR) is 240 cm³/mol. The van der Waals surface area contributed by atoms with E-state index in [-0.39, 0.29) is 5.41 Å². The highest BCUT2D eigenvalue weighted by Crippen LogP contribution is 2.52. The summed E-state index contributed by atoms with van der Waals surface area (Å²) in [6, 6.07) is 72.1. The van der Waals surface area contributed by atoms with E-state index in [0.29, 0.717) is 5.82 Å². The van der Waals surface area contributed by atoms with Crippen molar-refractivity contribution in [2.45, 2.75) is 12.3 Å². The Morgan fingerprint density at radius 1 is 0.386 bits per heavy atom. The molecule has 1 aliphatic carbocycles. The summed E-state index contributed by atoms with van der Waals surface area (Å²) in [5.41, 5.74) is 15.9. The molecule has 2 nitrogen and oxygen atoms in total. The van der Waals surface area contributed by atoms with Gasteiger partial charge in [0.15, 0.2) is 5.82 Å². The van der Waals surface area contributed by atoms with E-state index in [1.54, 1.807) is 0 Å². The van der Waals surface area contributed by atoms with Crippen LogP contribution in [0.25, 0.3) is 87.5 Å². The standard InChI is InChI=1S/C54H36N2S/c1-54(47-27-12-9-20-40(47)41-21-10-13-28-48(41)54)37-32-30-35(31-33-37)38-18-5-7-22-42(38)49-34-50(56-53(55-49)36-16-3-2-4-17-36)43-23-8-6-19-39(43)45-25-15-26-46-44-24-11-14-29-51(44)57-52(45)46/h2-34H,1H3. The summed E-state index contributed by atoms with van der Waals surface area (Å²) in [7, 11) is 0. The van der Waals surface area contributed by atoms with Gasteiger partial charge < -0.3 is 0 Å². The largest absolute Gasteiger partial charge is 0.228 e. The van der Waals surface area contributed by atoms with E-state index < -0.39 is 0 Å². The maximum atomic E-state index is 5.30. The summed E-state index contributed by atoms with van der Waals surface area (Å²) in [6.07, 6.45) is 0. The van der Waals surface area contributed by atoms with Crippen LogP contribution in [0.5, 0.6) is 0 Å². The van der Waals surface area contributed by atoms with Crippen molar-refractivity contribution in [1.82, 2.24) is 9.97 Å². The van der Waals surface area contributed by atoms with Crippen LogP contribution in [0.4, 0.5) is 0 Å². The fourth-order valence-corrected chi connectivity index (χ4v) is 10.3. The van der Waals surface area contributed by atoms with Crippen LogP contribution in [0.15, 0.2) is 200 Å². The molecule has 0 saturated heterocycles. The topological polar surface area (TPSA) is 25.8 Å². The molecule has 0 bridgehead atoms. The van der Waals surface area contributed by atoms with Crippen LogP contribution in [0.1, 0.15) is 23.6 Å². The molecule has 2 heterocycles. The zero-order valence-corrected chi connectivity index (χ0v) is 32.2. The second kappa shape index (κ2) is 13.4. The quantitative estimate of drug-likeness (QED) is 0.169. The van der Waals surface area contributed by atoms with Crippen LogP contribution in [0.2, 0.25) is 0 Å². The summed E-state index contributed by atoms with van der Waals surface area (Å²) in [6.45, 7) is 2.37. The van der Waals surface area contributed by atoms with Crippen molar-refractivity contribution in [3.8, 4) is 67.3 Å². The van der Waals surface area contributed by atoms with Gasteiger partial charge in [0.1, 0.15) is 0 Å². The average Bonchev–Trinajstić information content (AvgIpc) is 3.80. The molecule has 0 aliphatic heterocycles.